The molecule has 0 unspecified atom stereocenters. The number of carbonyl (C=O) groups is 3. The van der Waals surface area contributed by atoms with Crippen LogP contribution in [-0.2, 0) is 20.8 Å². The van der Waals surface area contributed by atoms with Gasteiger partial charge in [0.05, 0.1) is 30.5 Å². The Morgan fingerprint density at radius 1 is 0.921 bits per heavy atom. The lowest BCUT2D eigenvalue weighted by Crippen LogP contribution is -2.53. The van der Waals surface area contributed by atoms with E-state index in [0.717, 1.165) is 22.3 Å². The molecule has 4 rings (SSSR count). The van der Waals surface area contributed by atoms with Crippen molar-refractivity contribution in [3.63, 3.8) is 0 Å². The third-order valence-corrected chi connectivity index (χ3v) is 6.72. The number of carbonyl (C=O) groups excluding carboxylic acids is 3. The van der Waals surface area contributed by atoms with Crippen molar-refractivity contribution in [3.05, 3.63) is 69.3 Å². The molecule has 2 heterocycles. The van der Waals surface area contributed by atoms with E-state index in [-0.39, 0.29) is 17.9 Å². The fourth-order valence-corrected chi connectivity index (χ4v) is 4.67. The van der Waals surface area contributed by atoms with Crippen LogP contribution in [0.1, 0.15) is 36.3 Å². The van der Waals surface area contributed by atoms with Gasteiger partial charge in [0.2, 0.25) is 11.8 Å². The van der Waals surface area contributed by atoms with E-state index in [0.29, 0.717) is 27.7 Å². The lowest BCUT2D eigenvalue weighted by atomic mass is 9.96. The second-order valence-corrected chi connectivity index (χ2v) is 9.71. The van der Waals surface area contributed by atoms with Crippen molar-refractivity contribution in [3.8, 4) is 11.1 Å². The van der Waals surface area contributed by atoms with Gasteiger partial charge < -0.3 is 29.4 Å². The third kappa shape index (κ3) is 5.04. The van der Waals surface area contributed by atoms with Crippen molar-refractivity contribution in [2.45, 2.75) is 47.1 Å². The first-order chi connectivity index (χ1) is 18.0. The molecule has 2 aromatic carbocycles. The number of benzene rings is 2. The number of carboxylic acid groups (broad SMARTS) is 1. The van der Waals surface area contributed by atoms with Gasteiger partial charge in [0.1, 0.15) is 16.9 Å². The van der Waals surface area contributed by atoms with Crippen molar-refractivity contribution in [1.82, 2.24) is 10.6 Å². The molecule has 9 nitrogen and oxygen atoms in total. The van der Waals surface area contributed by atoms with Crippen LogP contribution in [0, 0.1) is 26.7 Å². The van der Waals surface area contributed by atoms with E-state index in [9.17, 15) is 24.3 Å². The molecule has 2 aromatic heterocycles. The van der Waals surface area contributed by atoms with Gasteiger partial charge in [-0.2, -0.15) is 0 Å². The molecular weight excluding hydrogens is 488 g/mol. The highest BCUT2D eigenvalue weighted by Gasteiger charge is 2.22. The summed E-state index contributed by atoms with van der Waals surface area (Å²) < 4.78 is 11.7. The SMILES string of the molecule is Cc1oc2c(C)c3oc(=O)c(CC(=O)NCC(=O)N[C@H](C(=O)[O-])C(C)C)c(C)c3cc2c1-c1ccccc1. The van der Waals surface area contributed by atoms with Gasteiger partial charge in [0.25, 0.3) is 0 Å². The normalized spacial score (nSPS) is 12.2. The van der Waals surface area contributed by atoms with Gasteiger partial charge in [-0.15, -0.1) is 0 Å². The predicted octanol–water partition coefficient (Wildman–Crippen LogP) is 2.68. The third-order valence-electron chi connectivity index (χ3n) is 6.72. The summed E-state index contributed by atoms with van der Waals surface area (Å²) in [4.78, 5) is 48.8. The Kier molecular flexibility index (Phi) is 7.39. The van der Waals surface area contributed by atoms with Gasteiger partial charge in [0, 0.05) is 21.9 Å². The van der Waals surface area contributed by atoms with E-state index in [1.807, 2.05) is 50.2 Å². The Hall–Kier alpha value is -4.40. The summed E-state index contributed by atoms with van der Waals surface area (Å²) in [6.45, 7) is 8.28. The monoisotopic (exact) mass is 517 g/mol. The largest absolute Gasteiger partial charge is 0.548 e. The number of hydrogen-bond donors (Lipinski definition) is 2. The molecule has 38 heavy (non-hydrogen) atoms. The first-order valence-electron chi connectivity index (χ1n) is 12.3. The summed E-state index contributed by atoms with van der Waals surface area (Å²) in [6.07, 6.45) is -0.307. The van der Waals surface area contributed by atoms with Gasteiger partial charge in [-0.25, -0.2) is 4.79 Å². The quantitative estimate of drug-likeness (QED) is 0.342. The Balaban J connectivity index is 1.64. The van der Waals surface area contributed by atoms with Crippen molar-refractivity contribution in [2.24, 2.45) is 5.92 Å². The average molecular weight is 518 g/mol. The average Bonchev–Trinajstić information content (AvgIpc) is 3.21. The number of hydrogen-bond acceptors (Lipinski definition) is 7. The highest BCUT2D eigenvalue weighted by Crippen LogP contribution is 2.39. The standard InChI is InChI=1S/C29H30N2O7/c1-14(2)25(28(34)35)31-23(33)13-30-22(32)12-20-15(3)19-11-21-24(18-9-7-6-8-10-18)17(5)37-27(21)16(4)26(19)38-29(20)36/h6-11,14,25H,12-13H2,1-5H3,(H,30,32)(H,31,33)(H,34,35)/p-1/t25-/m0/s1. The van der Waals surface area contributed by atoms with Crippen LogP contribution >= 0.6 is 0 Å². The topological polar surface area (TPSA) is 142 Å². The predicted molar refractivity (Wildman–Crippen MR) is 140 cm³/mol. The number of nitrogens with one attached hydrogen (secondary N) is 2. The highest BCUT2D eigenvalue weighted by atomic mass is 16.4. The minimum atomic E-state index is -1.41. The van der Waals surface area contributed by atoms with Gasteiger partial charge in [0.15, 0.2) is 0 Å². The van der Waals surface area contributed by atoms with E-state index in [1.165, 1.54) is 0 Å². The maximum atomic E-state index is 12.9. The zero-order valence-electron chi connectivity index (χ0n) is 21.9. The molecule has 0 spiro atoms. The Bertz CT molecular complexity index is 1610. The van der Waals surface area contributed by atoms with Crippen molar-refractivity contribution >= 4 is 39.7 Å². The first-order valence-corrected chi connectivity index (χ1v) is 12.3. The van der Waals surface area contributed by atoms with Crippen molar-refractivity contribution in [1.29, 1.82) is 0 Å². The number of aliphatic carboxylic acids is 1. The molecule has 0 aliphatic heterocycles. The van der Waals surface area contributed by atoms with E-state index >= 15 is 0 Å². The summed E-state index contributed by atoms with van der Waals surface area (Å²) in [5.74, 6) is -2.31. The zero-order chi connectivity index (χ0) is 27.7. The molecule has 0 radical (unpaired) electrons. The van der Waals surface area contributed by atoms with Gasteiger partial charge in [-0.3, -0.25) is 9.59 Å². The number of amides is 2. The minimum Gasteiger partial charge on any atom is -0.548 e. The number of carboxylic acids is 1. The maximum absolute atomic E-state index is 12.9. The van der Waals surface area contributed by atoms with E-state index in [1.54, 1.807) is 20.8 Å². The molecule has 4 aromatic rings. The molecule has 2 N–H and O–H groups in total. The van der Waals surface area contributed by atoms with Crippen LogP contribution in [0.3, 0.4) is 0 Å². The second-order valence-electron chi connectivity index (χ2n) is 9.71. The van der Waals surface area contributed by atoms with Crippen molar-refractivity contribution in [2.75, 3.05) is 6.54 Å². The molecule has 2 amide bonds. The van der Waals surface area contributed by atoms with Gasteiger partial charge >= 0.3 is 5.63 Å². The highest BCUT2D eigenvalue weighted by molar-refractivity contribution is 6.06. The number of fused-ring (bicyclic) bond motifs is 2. The van der Waals surface area contributed by atoms with E-state index in [2.05, 4.69) is 10.6 Å². The van der Waals surface area contributed by atoms with Crippen molar-refractivity contribution < 1.29 is 28.3 Å². The van der Waals surface area contributed by atoms with E-state index < -0.39 is 36.0 Å². The molecule has 1 atom stereocenters. The summed E-state index contributed by atoms with van der Waals surface area (Å²) in [7, 11) is 0. The fourth-order valence-electron chi connectivity index (χ4n) is 4.67. The molecule has 9 heteroatoms. The van der Waals surface area contributed by atoms with Crippen LogP contribution in [0.15, 0.2) is 50.0 Å². The smallest absolute Gasteiger partial charge is 0.340 e. The Morgan fingerprint density at radius 3 is 2.21 bits per heavy atom. The number of furan rings is 1. The second kappa shape index (κ2) is 10.5. The van der Waals surface area contributed by atoms with Gasteiger partial charge in [-0.05, 0) is 43.9 Å². The molecule has 0 fully saturated rings. The molecule has 0 saturated carbocycles. The maximum Gasteiger partial charge on any atom is 0.340 e. The summed E-state index contributed by atoms with van der Waals surface area (Å²) >= 11 is 0. The molecular formula is C29H29N2O7-. The Morgan fingerprint density at radius 2 is 1.58 bits per heavy atom. The van der Waals surface area contributed by atoms with Gasteiger partial charge in [-0.1, -0.05) is 44.2 Å². The molecule has 0 aliphatic carbocycles. The molecule has 0 aliphatic rings. The summed E-state index contributed by atoms with van der Waals surface area (Å²) in [5, 5.41) is 17.5. The van der Waals surface area contributed by atoms with Crippen LogP contribution in [0.4, 0.5) is 0 Å². The van der Waals surface area contributed by atoms with Crippen LogP contribution in [0.25, 0.3) is 33.1 Å². The molecule has 198 valence electrons. The number of rotatable bonds is 8. The van der Waals surface area contributed by atoms with E-state index in [4.69, 9.17) is 8.83 Å². The lowest BCUT2D eigenvalue weighted by molar-refractivity contribution is -0.309. The number of aryl methyl sites for hydroxylation is 3. The minimum absolute atomic E-state index is 0.172. The molecule has 0 saturated heterocycles. The van der Waals surface area contributed by atoms with Crippen LogP contribution in [-0.4, -0.2) is 30.4 Å². The zero-order valence-corrected chi connectivity index (χ0v) is 21.9. The fraction of sp³-hybridized carbons (Fsp3) is 0.310. The van der Waals surface area contributed by atoms with Crippen LogP contribution < -0.4 is 21.4 Å². The summed E-state index contributed by atoms with van der Waals surface area (Å²) in [6, 6.07) is 10.6. The van der Waals surface area contributed by atoms with Crippen LogP contribution in [0.5, 0.6) is 0 Å². The molecule has 0 bridgehead atoms. The first kappa shape index (κ1) is 26.7. The summed E-state index contributed by atoms with van der Waals surface area (Å²) in [5.41, 5.74) is 3.75. The lowest BCUT2D eigenvalue weighted by Gasteiger charge is -2.23. The van der Waals surface area contributed by atoms with Crippen LogP contribution in [0.2, 0.25) is 0 Å². The Labute approximate surface area is 218 Å².